The molecule has 0 unspecified atom stereocenters. The smallest absolute Gasteiger partial charge is 0.141 e. The zero-order valence-electron chi connectivity index (χ0n) is 8.13. The van der Waals surface area contributed by atoms with Crippen LogP contribution in [0.2, 0.25) is 0 Å². The van der Waals surface area contributed by atoms with Crippen molar-refractivity contribution in [3.05, 3.63) is 35.1 Å². The molecule has 70 valence electrons. The molecule has 0 aromatic heterocycles. The first kappa shape index (κ1) is 10.3. The van der Waals surface area contributed by atoms with Crippen LogP contribution in [0.25, 0.3) is 0 Å². The predicted octanol–water partition coefficient (Wildman–Crippen LogP) is 2.61. The van der Waals surface area contributed by atoms with Crippen molar-refractivity contribution in [1.82, 2.24) is 0 Å². The van der Waals surface area contributed by atoms with Crippen LogP contribution in [-0.4, -0.2) is 0 Å². The van der Waals surface area contributed by atoms with Gasteiger partial charge in [-0.25, -0.2) is 4.39 Å². The van der Waals surface area contributed by atoms with Crippen LogP contribution < -0.4 is 0 Å². The quantitative estimate of drug-likeness (QED) is 0.620. The summed E-state index contributed by atoms with van der Waals surface area (Å²) >= 11 is 0. The fourth-order valence-corrected chi connectivity index (χ4v) is 1.08. The highest BCUT2D eigenvalue weighted by Crippen LogP contribution is 2.23. The molecule has 0 aliphatic heterocycles. The Balaban J connectivity index is 3.25. The number of halogens is 1. The monoisotopic (exact) mass is 187 g/mol. The van der Waals surface area contributed by atoms with Crippen molar-refractivity contribution in [2.45, 2.75) is 19.3 Å². The molecule has 1 nitrogen and oxygen atoms in total. The molecule has 2 heteroatoms. The lowest BCUT2D eigenvalue weighted by Gasteiger charge is -2.17. The highest BCUT2D eigenvalue weighted by Gasteiger charge is 2.18. The maximum Gasteiger partial charge on any atom is 0.141 e. The van der Waals surface area contributed by atoms with Crippen molar-refractivity contribution in [2.24, 2.45) is 0 Å². The van der Waals surface area contributed by atoms with Crippen molar-refractivity contribution >= 4 is 0 Å². The van der Waals surface area contributed by atoms with E-state index in [2.05, 4.69) is 5.92 Å². The van der Waals surface area contributed by atoms with E-state index in [1.165, 1.54) is 12.1 Å². The molecule has 0 aliphatic carbocycles. The summed E-state index contributed by atoms with van der Waals surface area (Å²) in [4.78, 5) is 0. The Morgan fingerprint density at radius 2 is 2.07 bits per heavy atom. The van der Waals surface area contributed by atoms with Gasteiger partial charge in [-0.05, 0) is 31.5 Å². The molecule has 0 spiro atoms. The number of rotatable bonds is 1. The molecule has 0 saturated carbocycles. The van der Waals surface area contributed by atoms with Gasteiger partial charge in [0.2, 0.25) is 0 Å². The molecule has 0 N–H and O–H groups in total. The average Bonchev–Trinajstić information content (AvgIpc) is 2.17. The summed E-state index contributed by atoms with van der Waals surface area (Å²) in [6, 6.07) is 6.21. The lowest BCUT2D eigenvalue weighted by molar-refractivity contribution is 0.611. The Labute approximate surface area is 83.2 Å². The number of hydrogen-bond donors (Lipinski definition) is 0. The Hall–Kier alpha value is -1.80. The van der Waals surface area contributed by atoms with Gasteiger partial charge in [-0.1, -0.05) is 12.0 Å². The van der Waals surface area contributed by atoms with Gasteiger partial charge in [-0.3, -0.25) is 0 Å². The minimum absolute atomic E-state index is 0.0431. The minimum Gasteiger partial charge on any atom is -0.206 e. The summed E-state index contributed by atoms with van der Waals surface area (Å²) < 4.78 is 13.2. The second kappa shape index (κ2) is 3.52. The second-order valence-electron chi connectivity index (χ2n) is 3.58. The molecule has 0 heterocycles. The number of benzene rings is 1. The van der Waals surface area contributed by atoms with Crippen LogP contribution in [0.15, 0.2) is 18.2 Å². The topological polar surface area (TPSA) is 23.8 Å². The van der Waals surface area contributed by atoms with Crippen molar-refractivity contribution in [2.75, 3.05) is 0 Å². The molecule has 14 heavy (non-hydrogen) atoms. The van der Waals surface area contributed by atoms with E-state index in [1.54, 1.807) is 12.1 Å². The summed E-state index contributed by atoms with van der Waals surface area (Å²) in [5, 5.41) is 8.54. The molecule has 0 aliphatic rings. The zero-order chi connectivity index (χ0) is 10.8. The number of nitriles is 1. The first-order valence-corrected chi connectivity index (χ1v) is 4.19. The standard InChI is InChI=1S/C12H10FN/c1-4-12(2,3)10-6-5-9(8-14)11(13)7-10/h1,5-7H,2-3H3. The zero-order valence-corrected chi connectivity index (χ0v) is 8.13. The van der Waals surface area contributed by atoms with Crippen LogP contribution in [0, 0.1) is 29.5 Å². The number of nitrogens with zero attached hydrogens (tertiary/aromatic N) is 1. The summed E-state index contributed by atoms with van der Waals surface area (Å²) in [5.41, 5.74) is 0.243. The number of terminal acetylenes is 1. The molecule has 0 fully saturated rings. The fourth-order valence-electron chi connectivity index (χ4n) is 1.08. The Bertz CT molecular complexity index is 433. The summed E-state index contributed by atoms with van der Waals surface area (Å²) in [7, 11) is 0. The van der Waals surface area contributed by atoms with E-state index in [0.29, 0.717) is 5.56 Å². The van der Waals surface area contributed by atoms with Crippen molar-refractivity contribution in [3.8, 4) is 18.4 Å². The molecule has 0 bridgehead atoms. The van der Waals surface area contributed by atoms with E-state index in [4.69, 9.17) is 11.7 Å². The van der Waals surface area contributed by atoms with Crippen LogP contribution in [-0.2, 0) is 5.41 Å². The lowest BCUT2D eigenvalue weighted by atomic mass is 9.85. The van der Waals surface area contributed by atoms with Crippen LogP contribution in [0.5, 0.6) is 0 Å². The second-order valence-corrected chi connectivity index (χ2v) is 3.58. The summed E-state index contributed by atoms with van der Waals surface area (Å²) in [6.45, 7) is 3.65. The van der Waals surface area contributed by atoms with Crippen molar-refractivity contribution in [1.29, 1.82) is 5.26 Å². The summed E-state index contributed by atoms with van der Waals surface area (Å²) in [5.74, 6) is 2.05. The minimum atomic E-state index is -0.520. The van der Waals surface area contributed by atoms with Gasteiger partial charge in [-0.2, -0.15) is 5.26 Å². The van der Waals surface area contributed by atoms with E-state index >= 15 is 0 Å². The van der Waals surface area contributed by atoms with E-state index in [0.717, 1.165) is 0 Å². The Morgan fingerprint density at radius 1 is 1.43 bits per heavy atom. The van der Waals surface area contributed by atoms with Gasteiger partial charge >= 0.3 is 0 Å². The molecular weight excluding hydrogens is 177 g/mol. The van der Waals surface area contributed by atoms with Crippen molar-refractivity contribution < 1.29 is 4.39 Å². The maximum absolute atomic E-state index is 13.2. The Kier molecular flexibility index (Phi) is 2.58. The normalized spacial score (nSPS) is 10.4. The van der Waals surface area contributed by atoms with E-state index in [-0.39, 0.29) is 5.56 Å². The van der Waals surface area contributed by atoms with Gasteiger partial charge in [0.1, 0.15) is 11.9 Å². The highest BCUT2D eigenvalue weighted by molar-refractivity contribution is 5.39. The Morgan fingerprint density at radius 3 is 2.50 bits per heavy atom. The highest BCUT2D eigenvalue weighted by atomic mass is 19.1. The van der Waals surface area contributed by atoms with Crippen molar-refractivity contribution in [3.63, 3.8) is 0 Å². The van der Waals surface area contributed by atoms with Crippen LogP contribution in [0.3, 0.4) is 0 Å². The molecule has 1 aromatic rings. The first-order valence-electron chi connectivity index (χ1n) is 4.19. The molecule has 0 atom stereocenters. The molecule has 1 aromatic carbocycles. The van der Waals surface area contributed by atoms with Gasteiger partial charge < -0.3 is 0 Å². The molecule has 1 rings (SSSR count). The third-order valence-corrected chi connectivity index (χ3v) is 2.17. The van der Waals surface area contributed by atoms with Crippen LogP contribution >= 0.6 is 0 Å². The predicted molar refractivity (Wildman–Crippen MR) is 53.0 cm³/mol. The van der Waals surface area contributed by atoms with E-state index in [9.17, 15) is 4.39 Å². The molecule has 0 radical (unpaired) electrons. The molecule has 0 amide bonds. The maximum atomic E-state index is 13.2. The van der Waals surface area contributed by atoms with Gasteiger partial charge in [0.05, 0.1) is 11.0 Å². The molecule has 0 saturated heterocycles. The average molecular weight is 187 g/mol. The van der Waals surface area contributed by atoms with E-state index in [1.807, 2.05) is 13.8 Å². The number of hydrogen-bond acceptors (Lipinski definition) is 1. The van der Waals surface area contributed by atoms with Crippen LogP contribution in [0.4, 0.5) is 4.39 Å². The van der Waals surface area contributed by atoms with Crippen LogP contribution in [0.1, 0.15) is 25.0 Å². The fraction of sp³-hybridized carbons (Fsp3) is 0.250. The largest absolute Gasteiger partial charge is 0.206 e. The van der Waals surface area contributed by atoms with E-state index < -0.39 is 11.2 Å². The third kappa shape index (κ3) is 1.75. The van der Waals surface area contributed by atoms with Gasteiger partial charge in [0, 0.05) is 0 Å². The third-order valence-electron chi connectivity index (χ3n) is 2.17. The SMILES string of the molecule is C#CC(C)(C)c1ccc(C#N)c(F)c1. The summed E-state index contributed by atoms with van der Waals surface area (Å²) in [6.07, 6.45) is 5.32. The van der Waals surface area contributed by atoms with Gasteiger partial charge in [-0.15, -0.1) is 6.42 Å². The first-order chi connectivity index (χ1) is 6.51. The van der Waals surface area contributed by atoms with Gasteiger partial charge in [0.25, 0.3) is 0 Å². The lowest BCUT2D eigenvalue weighted by Crippen LogP contribution is -2.14. The van der Waals surface area contributed by atoms with Gasteiger partial charge in [0.15, 0.2) is 0 Å². The molecular formula is C12H10FN.